The minimum Gasteiger partial charge on any atom is -0.342 e. The Morgan fingerprint density at radius 1 is 0.947 bits per heavy atom. The molecule has 0 bridgehead atoms. The van der Waals surface area contributed by atoms with Crippen LogP contribution in [0, 0.1) is 17.5 Å². The molecule has 100 valence electrons. The third-order valence-electron chi connectivity index (χ3n) is 2.94. The molecule has 0 aromatic heterocycles. The van der Waals surface area contributed by atoms with Crippen LogP contribution in [0.4, 0.5) is 24.5 Å². The maximum atomic E-state index is 13.9. The van der Waals surface area contributed by atoms with Gasteiger partial charge in [0.25, 0.3) is 0 Å². The van der Waals surface area contributed by atoms with Gasteiger partial charge in [-0.2, -0.15) is 0 Å². The van der Waals surface area contributed by atoms with Gasteiger partial charge in [-0.25, -0.2) is 13.2 Å². The number of benzene rings is 2. The zero-order valence-electron chi connectivity index (χ0n) is 10.3. The van der Waals surface area contributed by atoms with E-state index in [1.54, 1.807) is 7.05 Å². The number of rotatable bonds is 3. The van der Waals surface area contributed by atoms with Gasteiger partial charge in [0.05, 0.1) is 5.69 Å². The summed E-state index contributed by atoms with van der Waals surface area (Å²) in [4.78, 5) is 1.44. The van der Waals surface area contributed by atoms with Crippen LogP contribution >= 0.6 is 0 Å². The Labute approximate surface area is 109 Å². The number of nitrogens with zero attached hydrogens (tertiary/aromatic N) is 1. The number of halogens is 3. The number of anilines is 2. The van der Waals surface area contributed by atoms with Gasteiger partial charge >= 0.3 is 0 Å². The van der Waals surface area contributed by atoms with Crippen LogP contribution in [0.25, 0.3) is 0 Å². The van der Waals surface area contributed by atoms with Crippen LogP contribution in [-0.4, -0.2) is 7.05 Å². The molecule has 0 saturated carbocycles. The van der Waals surface area contributed by atoms with E-state index in [0.717, 1.165) is 0 Å². The molecule has 5 heteroatoms. The summed E-state index contributed by atoms with van der Waals surface area (Å²) in [7, 11) is 1.58. The van der Waals surface area contributed by atoms with Crippen LogP contribution in [0.1, 0.15) is 5.56 Å². The van der Waals surface area contributed by atoms with Crippen molar-refractivity contribution in [3.05, 3.63) is 59.4 Å². The van der Waals surface area contributed by atoms with Crippen LogP contribution in [0.15, 0.2) is 36.4 Å². The monoisotopic (exact) mass is 266 g/mol. The van der Waals surface area contributed by atoms with Crippen molar-refractivity contribution in [3.8, 4) is 0 Å². The van der Waals surface area contributed by atoms with E-state index in [4.69, 9.17) is 5.73 Å². The highest BCUT2D eigenvalue weighted by Gasteiger charge is 2.16. The molecular formula is C14H13F3N2. The molecule has 0 saturated heterocycles. The van der Waals surface area contributed by atoms with Gasteiger partial charge in [-0.15, -0.1) is 0 Å². The lowest BCUT2D eigenvalue weighted by atomic mass is 10.1. The second-order valence-electron chi connectivity index (χ2n) is 4.11. The Kier molecular flexibility index (Phi) is 3.76. The smallest absolute Gasteiger partial charge is 0.182 e. The van der Waals surface area contributed by atoms with Crippen LogP contribution in [0.3, 0.4) is 0 Å². The average Bonchev–Trinajstić information content (AvgIpc) is 2.42. The molecule has 2 rings (SSSR count). The molecule has 0 aliphatic carbocycles. The molecule has 0 aliphatic heterocycles. The van der Waals surface area contributed by atoms with E-state index in [-0.39, 0.29) is 23.6 Å². The Morgan fingerprint density at radius 3 is 2.16 bits per heavy atom. The van der Waals surface area contributed by atoms with Gasteiger partial charge in [0.15, 0.2) is 11.6 Å². The van der Waals surface area contributed by atoms with Crippen molar-refractivity contribution < 1.29 is 13.2 Å². The fraction of sp³-hybridized carbons (Fsp3) is 0.143. The van der Waals surface area contributed by atoms with E-state index in [9.17, 15) is 13.2 Å². The predicted octanol–water partition coefficient (Wildman–Crippen LogP) is 3.33. The molecule has 2 N–H and O–H groups in total. The molecule has 2 aromatic rings. The molecule has 2 nitrogen and oxygen atoms in total. The van der Waals surface area contributed by atoms with Gasteiger partial charge < -0.3 is 10.6 Å². The lowest BCUT2D eigenvalue weighted by Gasteiger charge is -2.21. The van der Waals surface area contributed by atoms with E-state index in [1.807, 2.05) is 0 Å². The van der Waals surface area contributed by atoms with Crippen LogP contribution in [0.5, 0.6) is 0 Å². The fourth-order valence-corrected chi connectivity index (χ4v) is 1.80. The maximum Gasteiger partial charge on any atom is 0.182 e. The van der Waals surface area contributed by atoms with Crippen molar-refractivity contribution in [2.45, 2.75) is 6.54 Å². The van der Waals surface area contributed by atoms with Crippen LogP contribution < -0.4 is 10.6 Å². The molecule has 0 atom stereocenters. The molecule has 0 spiro atoms. The highest BCUT2D eigenvalue weighted by Crippen LogP contribution is 2.28. The Balaban J connectivity index is 2.41. The van der Waals surface area contributed by atoms with Gasteiger partial charge in [-0.1, -0.05) is 6.07 Å². The molecule has 0 aliphatic rings. The molecule has 0 radical (unpaired) electrons. The van der Waals surface area contributed by atoms with E-state index in [0.29, 0.717) is 5.69 Å². The SMILES string of the molecule is CN(c1ccc(F)cc1)c1ccc(CN)c(F)c1F. The number of nitrogens with two attached hydrogens (primary N) is 1. The van der Waals surface area contributed by atoms with E-state index >= 15 is 0 Å². The summed E-state index contributed by atoms with van der Waals surface area (Å²) in [6, 6.07) is 8.38. The Hall–Kier alpha value is -2.01. The maximum absolute atomic E-state index is 13.9. The normalized spacial score (nSPS) is 10.6. The van der Waals surface area contributed by atoms with Crippen LogP contribution in [0.2, 0.25) is 0 Å². The average molecular weight is 266 g/mol. The predicted molar refractivity (Wildman–Crippen MR) is 68.7 cm³/mol. The molecular weight excluding hydrogens is 253 g/mol. The number of hydrogen-bond donors (Lipinski definition) is 1. The topological polar surface area (TPSA) is 29.3 Å². The van der Waals surface area contributed by atoms with Crippen molar-refractivity contribution >= 4 is 11.4 Å². The minimum absolute atomic E-state index is 0.0662. The van der Waals surface area contributed by atoms with Crippen LogP contribution in [-0.2, 0) is 6.54 Å². The second-order valence-corrected chi connectivity index (χ2v) is 4.11. The standard InChI is InChI=1S/C14H13F3N2/c1-19(11-5-3-10(15)4-6-11)12-7-2-9(8-18)13(16)14(12)17/h2-7H,8,18H2,1H3. The van der Waals surface area contributed by atoms with Gasteiger partial charge in [-0.05, 0) is 30.3 Å². The van der Waals surface area contributed by atoms with Crippen molar-refractivity contribution in [2.24, 2.45) is 5.73 Å². The van der Waals surface area contributed by atoms with Crippen molar-refractivity contribution in [3.63, 3.8) is 0 Å². The minimum atomic E-state index is -0.963. The van der Waals surface area contributed by atoms with E-state index in [2.05, 4.69) is 0 Å². The van der Waals surface area contributed by atoms with E-state index < -0.39 is 11.6 Å². The summed E-state index contributed by atoms with van der Waals surface area (Å²) in [6.45, 7) is -0.0662. The zero-order chi connectivity index (χ0) is 14.0. The lowest BCUT2D eigenvalue weighted by Crippen LogP contribution is -2.13. The molecule has 19 heavy (non-hydrogen) atoms. The van der Waals surface area contributed by atoms with Gasteiger partial charge in [0.1, 0.15) is 5.82 Å². The molecule has 2 aromatic carbocycles. The van der Waals surface area contributed by atoms with Gasteiger partial charge in [-0.3, -0.25) is 0 Å². The van der Waals surface area contributed by atoms with Gasteiger partial charge in [0, 0.05) is 24.8 Å². The highest BCUT2D eigenvalue weighted by molar-refractivity contribution is 5.63. The quantitative estimate of drug-likeness (QED) is 0.923. The van der Waals surface area contributed by atoms with Crippen molar-refractivity contribution in [1.82, 2.24) is 0 Å². The molecule has 0 unspecified atom stereocenters. The third kappa shape index (κ3) is 2.56. The molecule has 0 amide bonds. The third-order valence-corrected chi connectivity index (χ3v) is 2.94. The van der Waals surface area contributed by atoms with Gasteiger partial charge in [0.2, 0.25) is 0 Å². The largest absolute Gasteiger partial charge is 0.342 e. The Morgan fingerprint density at radius 2 is 1.58 bits per heavy atom. The first-order valence-electron chi connectivity index (χ1n) is 5.71. The molecule has 0 heterocycles. The summed E-state index contributed by atoms with van der Waals surface area (Å²) in [5, 5.41) is 0. The lowest BCUT2D eigenvalue weighted by molar-refractivity contribution is 0.500. The first-order valence-corrected chi connectivity index (χ1v) is 5.71. The summed E-state index contributed by atoms with van der Waals surface area (Å²) in [5.41, 5.74) is 6.06. The fourth-order valence-electron chi connectivity index (χ4n) is 1.80. The molecule has 0 fully saturated rings. The Bertz CT molecular complexity index is 582. The van der Waals surface area contributed by atoms with Crippen molar-refractivity contribution in [2.75, 3.05) is 11.9 Å². The first-order chi connectivity index (χ1) is 9.04. The summed E-state index contributed by atoms with van der Waals surface area (Å²) < 4.78 is 40.4. The second kappa shape index (κ2) is 5.32. The zero-order valence-corrected chi connectivity index (χ0v) is 10.3. The number of hydrogen-bond acceptors (Lipinski definition) is 2. The first kappa shape index (κ1) is 13.4. The van der Waals surface area contributed by atoms with E-state index in [1.165, 1.54) is 41.3 Å². The van der Waals surface area contributed by atoms with Crippen molar-refractivity contribution in [1.29, 1.82) is 0 Å². The summed E-state index contributed by atoms with van der Waals surface area (Å²) in [6.07, 6.45) is 0. The summed E-state index contributed by atoms with van der Waals surface area (Å²) in [5.74, 6) is -2.30. The highest BCUT2D eigenvalue weighted by atomic mass is 19.2. The summed E-state index contributed by atoms with van der Waals surface area (Å²) >= 11 is 0.